The lowest BCUT2D eigenvalue weighted by molar-refractivity contribution is 0.513. The van der Waals surface area contributed by atoms with Gasteiger partial charge in [0, 0.05) is 19.8 Å². The predicted octanol–water partition coefficient (Wildman–Crippen LogP) is 0.382. The van der Waals surface area contributed by atoms with Crippen molar-refractivity contribution in [3.05, 3.63) is 12.0 Å². The van der Waals surface area contributed by atoms with E-state index >= 15 is 0 Å². The number of nitrogens with two attached hydrogens (primary N) is 1. The Kier molecular flexibility index (Phi) is 5.30. The Morgan fingerprint density at radius 3 is 2.72 bits per heavy atom. The molecular weight excluding hydrogens is 252 g/mol. The van der Waals surface area contributed by atoms with Crippen LogP contribution in [0.2, 0.25) is 0 Å². The molecule has 3 N–H and O–H groups in total. The smallest absolute Gasteiger partial charge is 0.259 e. The molecule has 6 nitrogen and oxygen atoms in total. The van der Waals surface area contributed by atoms with Crippen LogP contribution in [-0.2, 0) is 17.1 Å². The van der Waals surface area contributed by atoms with E-state index < -0.39 is 10.0 Å². The van der Waals surface area contributed by atoms with Crippen LogP contribution in [0.4, 0.5) is 0 Å². The van der Waals surface area contributed by atoms with Crippen LogP contribution < -0.4 is 10.5 Å². The number of nitrogens with zero attached hydrogens (tertiary/aromatic N) is 2. The number of aryl methyl sites for hydroxylation is 2. The van der Waals surface area contributed by atoms with E-state index in [1.807, 2.05) is 0 Å². The van der Waals surface area contributed by atoms with Crippen LogP contribution in [0.5, 0.6) is 0 Å². The molecule has 1 aromatic heterocycles. The molecule has 1 rings (SSSR count). The second-order valence-electron chi connectivity index (χ2n) is 4.62. The molecule has 0 fully saturated rings. The van der Waals surface area contributed by atoms with Gasteiger partial charge < -0.3 is 10.3 Å². The third-order valence-corrected chi connectivity index (χ3v) is 4.26. The Bertz CT molecular complexity index is 462. The Hall–Kier alpha value is -0.920. The first-order chi connectivity index (χ1) is 8.36. The van der Waals surface area contributed by atoms with Gasteiger partial charge in [0.1, 0.15) is 5.82 Å². The summed E-state index contributed by atoms with van der Waals surface area (Å²) in [5.74, 6) is 1.10. The van der Waals surface area contributed by atoms with Gasteiger partial charge in [-0.1, -0.05) is 6.92 Å². The Morgan fingerprint density at radius 2 is 2.22 bits per heavy atom. The topological polar surface area (TPSA) is 90.0 Å². The van der Waals surface area contributed by atoms with Crippen molar-refractivity contribution in [2.24, 2.45) is 18.7 Å². The van der Waals surface area contributed by atoms with Crippen LogP contribution in [0.3, 0.4) is 0 Å². The molecule has 0 spiro atoms. The molecule has 0 bridgehead atoms. The van der Waals surface area contributed by atoms with Crippen LogP contribution in [0.15, 0.2) is 11.2 Å². The summed E-state index contributed by atoms with van der Waals surface area (Å²) < 4.78 is 28.0. The normalized spacial score (nSPS) is 13.8. The summed E-state index contributed by atoms with van der Waals surface area (Å²) >= 11 is 0. The summed E-state index contributed by atoms with van der Waals surface area (Å²) in [6.45, 7) is 4.87. The van der Waals surface area contributed by atoms with Gasteiger partial charge in [-0.15, -0.1) is 0 Å². The van der Waals surface area contributed by atoms with Crippen LogP contribution in [0.1, 0.15) is 25.6 Å². The first-order valence-corrected chi connectivity index (χ1v) is 7.55. The van der Waals surface area contributed by atoms with E-state index in [0.717, 1.165) is 12.8 Å². The molecule has 1 aromatic rings. The standard InChI is InChI=1S/C11H22N4O2S/c1-9(7-12)5-4-6-13-18(16,17)11-8-15(3)10(2)14-11/h8-9,13H,4-7,12H2,1-3H3. The number of imidazole rings is 1. The lowest BCUT2D eigenvalue weighted by Crippen LogP contribution is -2.25. The SMILES string of the molecule is Cc1nc(S(=O)(=O)NCCCC(C)CN)cn1C. The average Bonchev–Trinajstić information content (AvgIpc) is 2.66. The van der Waals surface area contributed by atoms with Gasteiger partial charge in [-0.3, -0.25) is 0 Å². The number of aromatic nitrogens is 2. The average molecular weight is 274 g/mol. The van der Waals surface area contributed by atoms with Gasteiger partial charge in [0.2, 0.25) is 0 Å². The van der Waals surface area contributed by atoms with Crippen LogP contribution in [0.25, 0.3) is 0 Å². The van der Waals surface area contributed by atoms with E-state index in [0.29, 0.717) is 24.8 Å². The molecule has 0 saturated heterocycles. The molecule has 0 saturated carbocycles. The molecule has 0 amide bonds. The lowest BCUT2D eigenvalue weighted by atomic mass is 10.1. The molecule has 0 aromatic carbocycles. The minimum Gasteiger partial charge on any atom is -0.337 e. The molecule has 0 radical (unpaired) electrons. The number of rotatable bonds is 7. The zero-order valence-electron chi connectivity index (χ0n) is 11.2. The monoisotopic (exact) mass is 274 g/mol. The summed E-state index contributed by atoms with van der Waals surface area (Å²) in [7, 11) is -1.71. The zero-order chi connectivity index (χ0) is 13.8. The molecule has 104 valence electrons. The Morgan fingerprint density at radius 1 is 1.56 bits per heavy atom. The number of sulfonamides is 1. The molecule has 0 aliphatic carbocycles. The maximum atomic E-state index is 11.9. The maximum Gasteiger partial charge on any atom is 0.259 e. The third kappa shape index (κ3) is 4.08. The maximum absolute atomic E-state index is 11.9. The fourth-order valence-electron chi connectivity index (χ4n) is 1.50. The van der Waals surface area contributed by atoms with Gasteiger partial charge in [0.25, 0.3) is 10.0 Å². The fourth-order valence-corrected chi connectivity index (χ4v) is 2.61. The lowest BCUT2D eigenvalue weighted by Gasteiger charge is -2.08. The van der Waals surface area contributed by atoms with Crippen molar-refractivity contribution in [2.75, 3.05) is 13.1 Å². The van der Waals surface area contributed by atoms with Crippen molar-refractivity contribution in [3.63, 3.8) is 0 Å². The van der Waals surface area contributed by atoms with Gasteiger partial charge in [-0.2, -0.15) is 0 Å². The zero-order valence-corrected chi connectivity index (χ0v) is 12.0. The van der Waals surface area contributed by atoms with Crippen LogP contribution in [0, 0.1) is 12.8 Å². The first kappa shape index (κ1) is 15.1. The van der Waals surface area contributed by atoms with E-state index in [9.17, 15) is 8.42 Å². The minimum absolute atomic E-state index is 0.0781. The van der Waals surface area contributed by atoms with Crippen molar-refractivity contribution in [1.82, 2.24) is 14.3 Å². The molecule has 1 atom stereocenters. The predicted molar refractivity (Wildman–Crippen MR) is 70.6 cm³/mol. The highest BCUT2D eigenvalue weighted by Gasteiger charge is 2.17. The van der Waals surface area contributed by atoms with E-state index in [1.54, 1.807) is 18.5 Å². The first-order valence-electron chi connectivity index (χ1n) is 6.06. The summed E-state index contributed by atoms with van der Waals surface area (Å²) in [5, 5.41) is 0.0781. The van der Waals surface area contributed by atoms with Crippen molar-refractivity contribution in [2.45, 2.75) is 31.7 Å². The van der Waals surface area contributed by atoms with Gasteiger partial charge in [-0.05, 0) is 32.2 Å². The minimum atomic E-state index is -3.48. The number of nitrogens with one attached hydrogen (secondary N) is 1. The van der Waals surface area contributed by atoms with Crippen molar-refractivity contribution in [1.29, 1.82) is 0 Å². The van der Waals surface area contributed by atoms with E-state index in [2.05, 4.69) is 16.6 Å². The highest BCUT2D eigenvalue weighted by molar-refractivity contribution is 7.89. The summed E-state index contributed by atoms with van der Waals surface area (Å²) in [4.78, 5) is 4.00. The third-order valence-electron chi connectivity index (χ3n) is 2.93. The fraction of sp³-hybridized carbons (Fsp3) is 0.727. The van der Waals surface area contributed by atoms with Crippen molar-refractivity contribution < 1.29 is 8.42 Å². The second-order valence-corrected chi connectivity index (χ2v) is 6.33. The molecule has 7 heteroatoms. The van der Waals surface area contributed by atoms with Gasteiger partial charge in [-0.25, -0.2) is 18.1 Å². The van der Waals surface area contributed by atoms with E-state index in [4.69, 9.17) is 5.73 Å². The highest BCUT2D eigenvalue weighted by Crippen LogP contribution is 2.08. The van der Waals surface area contributed by atoms with Crippen LogP contribution in [-0.4, -0.2) is 31.1 Å². The molecule has 18 heavy (non-hydrogen) atoms. The Balaban J connectivity index is 2.50. The van der Waals surface area contributed by atoms with Crippen LogP contribution >= 0.6 is 0 Å². The van der Waals surface area contributed by atoms with Gasteiger partial charge in [0.15, 0.2) is 5.03 Å². The van der Waals surface area contributed by atoms with Crippen molar-refractivity contribution >= 4 is 10.0 Å². The van der Waals surface area contributed by atoms with Gasteiger partial charge in [0.05, 0.1) is 0 Å². The molecule has 1 heterocycles. The number of hydrogen-bond donors (Lipinski definition) is 2. The van der Waals surface area contributed by atoms with Crippen molar-refractivity contribution in [3.8, 4) is 0 Å². The molecule has 1 unspecified atom stereocenters. The second kappa shape index (κ2) is 6.31. The van der Waals surface area contributed by atoms with Gasteiger partial charge >= 0.3 is 0 Å². The van der Waals surface area contributed by atoms with E-state index in [-0.39, 0.29) is 5.03 Å². The molecule has 0 aliphatic heterocycles. The largest absolute Gasteiger partial charge is 0.337 e. The van der Waals surface area contributed by atoms with E-state index in [1.165, 1.54) is 6.20 Å². The highest BCUT2D eigenvalue weighted by atomic mass is 32.2. The number of hydrogen-bond acceptors (Lipinski definition) is 4. The molecule has 0 aliphatic rings. The molecular formula is C11H22N4O2S. The summed E-state index contributed by atoms with van der Waals surface area (Å²) in [6.07, 6.45) is 3.21. The quantitative estimate of drug-likeness (QED) is 0.703. The Labute approximate surface area is 109 Å². The summed E-state index contributed by atoms with van der Waals surface area (Å²) in [5.41, 5.74) is 5.50. The summed E-state index contributed by atoms with van der Waals surface area (Å²) in [6, 6.07) is 0.